The lowest BCUT2D eigenvalue weighted by atomic mass is 10.3. The number of nitriles is 1. The Hall–Kier alpha value is -1.76. The number of nitrogens with one attached hydrogen (secondary N) is 1. The minimum Gasteiger partial charge on any atom is -0.490 e. The molecule has 1 aromatic rings. The average molecular weight is 150 g/mol. The van der Waals surface area contributed by atoms with Gasteiger partial charge in [0.25, 0.3) is 5.56 Å². The molecule has 1 heterocycles. The van der Waals surface area contributed by atoms with Crippen molar-refractivity contribution in [3.05, 3.63) is 28.2 Å². The normalized spacial score (nSPS) is 8.73. The highest BCUT2D eigenvalue weighted by molar-refractivity contribution is 5.39. The number of methoxy groups -OCH3 is 1. The minimum atomic E-state index is -0.383. The van der Waals surface area contributed by atoms with Crippen LogP contribution >= 0.6 is 0 Å². The van der Waals surface area contributed by atoms with Crippen LogP contribution in [0.1, 0.15) is 5.56 Å². The van der Waals surface area contributed by atoms with Gasteiger partial charge >= 0.3 is 0 Å². The molecule has 0 bridgehead atoms. The van der Waals surface area contributed by atoms with Gasteiger partial charge in [-0.05, 0) is 6.07 Å². The van der Waals surface area contributed by atoms with Gasteiger partial charge in [0.15, 0.2) is 0 Å². The highest BCUT2D eigenvalue weighted by atomic mass is 16.5. The van der Waals surface area contributed by atoms with Crippen molar-refractivity contribution in [2.75, 3.05) is 7.11 Å². The van der Waals surface area contributed by atoms with Crippen LogP contribution in [-0.2, 0) is 0 Å². The van der Waals surface area contributed by atoms with E-state index in [1.807, 2.05) is 6.07 Å². The van der Waals surface area contributed by atoms with Crippen LogP contribution in [0.15, 0.2) is 17.1 Å². The molecule has 0 aliphatic heterocycles. The minimum absolute atomic E-state index is 0.0648. The summed E-state index contributed by atoms with van der Waals surface area (Å²) in [6.07, 6.45) is 1.41. The molecule has 0 spiro atoms. The van der Waals surface area contributed by atoms with E-state index in [1.54, 1.807) is 0 Å². The Labute approximate surface area is 63.0 Å². The third-order valence-electron chi connectivity index (χ3n) is 1.24. The molecular weight excluding hydrogens is 144 g/mol. The zero-order chi connectivity index (χ0) is 8.27. The van der Waals surface area contributed by atoms with Crippen molar-refractivity contribution >= 4 is 0 Å². The smallest absolute Gasteiger partial charge is 0.291 e. The SMILES string of the molecule is COc1c(C#N)cc[nH]c1=O. The molecular formula is C7H6N2O2. The van der Waals surface area contributed by atoms with E-state index in [0.717, 1.165) is 0 Å². The Morgan fingerprint density at radius 3 is 2.91 bits per heavy atom. The van der Waals surface area contributed by atoms with Crippen LogP contribution in [0, 0.1) is 11.3 Å². The molecule has 0 saturated carbocycles. The largest absolute Gasteiger partial charge is 0.490 e. The van der Waals surface area contributed by atoms with Crippen LogP contribution in [0.25, 0.3) is 0 Å². The van der Waals surface area contributed by atoms with Crippen molar-refractivity contribution in [1.82, 2.24) is 4.98 Å². The Morgan fingerprint density at radius 1 is 1.73 bits per heavy atom. The zero-order valence-electron chi connectivity index (χ0n) is 5.92. The van der Waals surface area contributed by atoms with Crippen molar-refractivity contribution in [1.29, 1.82) is 5.26 Å². The first-order valence-corrected chi connectivity index (χ1v) is 2.95. The Kier molecular flexibility index (Phi) is 1.93. The molecule has 0 aromatic carbocycles. The number of rotatable bonds is 1. The van der Waals surface area contributed by atoms with E-state index in [0.29, 0.717) is 0 Å². The van der Waals surface area contributed by atoms with E-state index in [1.165, 1.54) is 19.4 Å². The molecule has 4 nitrogen and oxygen atoms in total. The Bertz CT molecular complexity index is 348. The Morgan fingerprint density at radius 2 is 2.45 bits per heavy atom. The highest BCUT2D eigenvalue weighted by Crippen LogP contribution is 2.07. The van der Waals surface area contributed by atoms with Gasteiger partial charge in [-0.25, -0.2) is 0 Å². The molecule has 4 heteroatoms. The topological polar surface area (TPSA) is 65.9 Å². The van der Waals surface area contributed by atoms with Gasteiger partial charge in [0.05, 0.1) is 7.11 Å². The molecule has 11 heavy (non-hydrogen) atoms. The van der Waals surface area contributed by atoms with E-state index in [-0.39, 0.29) is 16.9 Å². The lowest BCUT2D eigenvalue weighted by Crippen LogP contribution is -2.09. The number of hydrogen-bond donors (Lipinski definition) is 1. The maximum absolute atomic E-state index is 10.9. The third-order valence-corrected chi connectivity index (χ3v) is 1.24. The molecule has 0 unspecified atom stereocenters. The lowest BCUT2D eigenvalue weighted by molar-refractivity contribution is 0.407. The van der Waals surface area contributed by atoms with Gasteiger partial charge in [-0.1, -0.05) is 0 Å². The second-order valence-corrected chi connectivity index (χ2v) is 1.87. The fourth-order valence-corrected chi connectivity index (χ4v) is 0.755. The summed E-state index contributed by atoms with van der Waals surface area (Å²) in [4.78, 5) is 13.3. The summed E-state index contributed by atoms with van der Waals surface area (Å²) in [6.45, 7) is 0. The van der Waals surface area contributed by atoms with Crippen LogP contribution in [0.3, 0.4) is 0 Å². The fraction of sp³-hybridized carbons (Fsp3) is 0.143. The molecule has 1 rings (SSSR count). The molecule has 0 aliphatic carbocycles. The van der Waals surface area contributed by atoms with Crippen LogP contribution in [-0.4, -0.2) is 12.1 Å². The number of hydrogen-bond acceptors (Lipinski definition) is 3. The van der Waals surface area contributed by atoms with Gasteiger partial charge in [0.2, 0.25) is 5.75 Å². The van der Waals surface area contributed by atoms with Crippen molar-refractivity contribution in [2.24, 2.45) is 0 Å². The summed E-state index contributed by atoms with van der Waals surface area (Å²) in [5.74, 6) is 0.0648. The van der Waals surface area contributed by atoms with Crippen LogP contribution in [0.4, 0.5) is 0 Å². The van der Waals surface area contributed by atoms with Crippen LogP contribution in [0.2, 0.25) is 0 Å². The molecule has 0 aliphatic rings. The van der Waals surface area contributed by atoms with Crippen molar-refractivity contribution in [3.8, 4) is 11.8 Å². The van der Waals surface area contributed by atoms with Gasteiger partial charge in [0, 0.05) is 6.20 Å². The summed E-state index contributed by atoms with van der Waals surface area (Å²) in [5, 5.41) is 8.49. The molecule has 1 N–H and O–H groups in total. The van der Waals surface area contributed by atoms with E-state index in [9.17, 15) is 4.79 Å². The van der Waals surface area contributed by atoms with Gasteiger partial charge in [-0.15, -0.1) is 0 Å². The number of nitrogens with zero attached hydrogens (tertiary/aromatic N) is 1. The predicted molar refractivity (Wildman–Crippen MR) is 38.3 cm³/mol. The van der Waals surface area contributed by atoms with Gasteiger partial charge in [0.1, 0.15) is 11.6 Å². The number of H-pyrrole nitrogens is 1. The summed E-state index contributed by atoms with van der Waals surface area (Å²) >= 11 is 0. The predicted octanol–water partition coefficient (Wildman–Crippen LogP) is 0.255. The fourth-order valence-electron chi connectivity index (χ4n) is 0.755. The highest BCUT2D eigenvalue weighted by Gasteiger charge is 2.04. The number of aromatic nitrogens is 1. The van der Waals surface area contributed by atoms with Gasteiger partial charge in [-0.2, -0.15) is 5.26 Å². The second-order valence-electron chi connectivity index (χ2n) is 1.87. The summed E-state index contributed by atoms with van der Waals surface area (Å²) in [5.41, 5.74) is -0.136. The molecule has 1 aromatic heterocycles. The average Bonchev–Trinajstić information content (AvgIpc) is 2.04. The summed E-state index contributed by atoms with van der Waals surface area (Å²) in [7, 11) is 1.35. The monoisotopic (exact) mass is 150 g/mol. The quantitative estimate of drug-likeness (QED) is 0.624. The van der Waals surface area contributed by atoms with Gasteiger partial charge in [-0.3, -0.25) is 4.79 Å². The van der Waals surface area contributed by atoms with E-state index in [2.05, 4.69) is 4.98 Å². The van der Waals surface area contributed by atoms with Crippen molar-refractivity contribution in [2.45, 2.75) is 0 Å². The number of ether oxygens (including phenoxy) is 1. The first-order valence-electron chi connectivity index (χ1n) is 2.95. The van der Waals surface area contributed by atoms with Crippen molar-refractivity contribution in [3.63, 3.8) is 0 Å². The molecule has 0 amide bonds. The molecule has 0 saturated heterocycles. The molecule has 0 radical (unpaired) electrons. The Balaban J connectivity index is 3.39. The maximum atomic E-state index is 10.9. The first-order chi connectivity index (χ1) is 5.29. The van der Waals surface area contributed by atoms with E-state index in [4.69, 9.17) is 10.00 Å². The van der Waals surface area contributed by atoms with Crippen LogP contribution in [0.5, 0.6) is 5.75 Å². The zero-order valence-corrected chi connectivity index (χ0v) is 5.92. The third kappa shape index (κ3) is 1.22. The van der Waals surface area contributed by atoms with E-state index >= 15 is 0 Å². The van der Waals surface area contributed by atoms with Crippen molar-refractivity contribution < 1.29 is 4.74 Å². The molecule has 0 fully saturated rings. The first kappa shape index (κ1) is 7.35. The molecule has 56 valence electrons. The maximum Gasteiger partial charge on any atom is 0.291 e. The second kappa shape index (κ2) is 2.88. The van der Waals surface area contributed by atoms with E-state index < -0.39 is 0 Å². The number of pyridine rings is 1. The lowest BCUT2D eigenvalue weighted by Gasteiger charge is -1.97. The summed E-state index contributed by atoms with van der Waals surface area (Å²) in [6, 6.07) is 3.33. The number of aromatic amines is 1. The standard InChI is InChI=1S/C7H6N2O2/c1-11-6-5(4-8)2-3-9-7(6)10/h2-3H,1H3,(H,9,10). The van der Waals surface area contributed by atoms with Gasteiger partial charge < -0.3 is 9.72 Å². The molecule has 0 atom stereocenters. The summed E-state index contributed by atoms with van der Waals surface area (Å²) < 4.78 is 4.70. The van der Waals surface area contributed by atoms with Crippen LogP contribution < -0.4 is 10.3 Å².